The number of carbonyl (C=O) groups is 2. The van der Waals surface area contributed by atoms with Gasteiger partial charge in [0.05, 0.1) is 6.61 Å². The van der Waals surface area contributed by atoms with Gasteiger partial charge in [-0.15, -0.1) is 0 Å². The topological polar surface area (TPSA) is 93.2 Å². The molecule has 0 aromatic rings. The summed E-state index contributed by atoms with van der Waals surface area (Å²) in [5.41, 5.74) is -0.796. The standard InChI is InChI=1S/C12H22N2O6S/c1-5-19-10(15)9-13-7-6-8-14(21(13,17)18)11(16)20-12(2,3)4/h5-9H2,1-4H3. The smallest absolute Gasteiger partial charge is 0.425 e. The molecule has 0 aromatic carbocycles. The molecule has 0 saturated carbocycles. The lowest BCUT2D eigenvalue weighted by Crippen LogP contribution is -2.54. The molecule has 0 bridgehead atoms. The second-order valence-electron chi connectivity index (χ2n) is 5.55. The van der Waals surface area contributed by atoms with Gasteiger partial charge in [-0.2, -0.15) is 17.0 Å². The molecule has 0 radical (unpaired) electrons. The van der Waals surface area contributed by atoms with E-state index in [9.17, 15) is 18.0 Å². The monoisotopic (exact) mass is 322 g/mol. The van der Waals surface area contributed by atoms with Gasteiger partial charge in [0.1, 0.15) is 12.1 Å². The molecule has 122 valence electrons. The van der Waals surface area contributed by atoms with E-state index in [1.54, 1.807) is 27.7 Å². The van der Waals surface area contributed by atoms with Gasteiger partial charge in [-0.1, -0.05) is 0 Å². The van der Waals surface area contributed by atoms with Crippen LogP contribution in [0.2, 0.25) is 0 Å². The van der Waals surface area contributed by atoms with Gasteiger partial charge in [0, 0.05) is 13.1 Å². The first-order chi connectivity index (χ1) is 9.58. The highest BCUT2D eigenvalue weighted by atomic mass is 32.2. The van der Waals surface area contributed by atoms with Crippen molar-refractivity contribution in [3.05, 3.63) is 0 Å². The summed E-state index contributed by atoms with van der Waals surface area (Å²) < 4.78 is 36.0. The molecule has 8 nitrogen and oxygen atoms in total. The van der Waals surface area contributed by atoms with Crippen LogP contribution < -0.4 is 0 Å². The van der Waals surface area contributed by atoms with E-state index in [-0.39, 0.29) is 19.7 Å². The maximum absolute atomic E-state index is 12.3. The highest BCUT2D eigenvalue weighted by molar-refractivity contribution is 7.87. The molecule has 1 rings (SSSR count). The minimum Gasteiger partial charge on any atom is -0.465 e. The molecule has 0 aliphatic carbocycles. The number of ether oxygens (including phenoxy) is 2. The fourth-order valence-electron chi connectivity index (χ4n) is 1.77. The zero-order valence-electron chi connectivity index (χ0n) is 12.8. The van der Waals surface area contributed by atoms with Gasteiger partial charge in [0.25, 0.3) is 0 Å². The van der Waals surface area contributed by atoms with E-state index in [0.717, 1.165) is 4.31 Å². The molecule has 1 heterocycles. The molecule has 1 fully saturated rings. The maximum Gasteiger partial charge on any atom is 0.425 e. The third-order valence-corrected chi connectivity index (χ3v) is 4.43. The highest BCUT2D eigenvalue weighted by Crippen LogP contribution is 2.19. The lowest BCUT2D eigenvalue weighted by atomic mass is 10.2. The molecule has 0 atom stereocenters. The number of esters is 1. The summed E-state index contributed by atoms with van der Waals surface area (Å²) in [4.78, 5) is 23.4. The largest absolute Gasteiger partial charge is 0.465 e. The molecule has 0 aromatic heterocycles. The highest BCUT2D eigenvalue weighted by Gasteiger charge is 2.40. The zero-order valence-corrected chi connectivity index (χ0v) is 13.6. The van der Waals surface area contributed by atoms with Crippen LogP contribution in [0.15, 0.2) is 0 Å². The Kier molecular flexibility index (Phi) is 5.57. The molecule has 9 heteroatoms. The van der Waals surface area contributed by atoms with Gasteiger partial charge >= 0.3 is 22.3 Å². The Morgan fingerprint density at radius 2 is 1.81 bits per heavy atom. The molecule has 21 heavy (non-hydrogen) atoms. The predicted octanol–water partition coefficient (Wildman–Crippen LogP) is 0.737. The van der Waals surface area contributed by atoms with Crippen LogP contribution in [0.3, 0.4) is 0 Å². The van der Waals surface area contributed by atoms with E-state index >= 15 is 0 Å². The first-order valence-electron chi connectivity index (χ1n) is 6.74. The zero-order chi connectivity index (χ0) is 16.3. The van der Waals surface area contributed by atoms with Crippen LogP contribution in [-0.2, 0) is 24.5 Å². The Morgan fingerprint density at radius 3 is 2.33 bits per heavy atom. The number of hydrogen-bond donors (Lipinski definition) is 0. The van der Waals surface area contributed by atoms with E-state index < -0.39 is 34.4 Å². The second kappa shape index (κ2) is 6.61. The first kappa shape index (κ1) is 17.7. The van der Waals surface area contributed by atoms with Crippen LogP contribution in [0.5, 0.6) is 0 Å². The third kappa shape index (κ3) is 4.85. The van der Waals surface area contributed by atoms with Gasteiger partial charge in [0.2, 0.25) is 0 Å². The second-order valence-corrected chi connectivity index (χ2v) is 7.41. The van der Waals surface area contributed by atoms with Crippen molar-refractivity contribution in [2.75, 3.05) is 26.2 Å². The van der Waals surface area contributed by atoms with E-state index in [1.165, 1.54) is 0 Å². The van der Waals surface area contributed by atoms with Crippen LogP contribution in [0.4, 0.5) is 4.79 Å². The lowest BCUT2D eigenvalue weighted by molar-refractivity contribution is -0.143. The van der Waals surface area contributed by atoms with Crippen molar-refractivity contribution in [3.63, 3.8) is 0 Å². The summed E-state index contributed by atoms with van der Waals surface area (Å²) in [6, 6.07) is 0. The van der Waals surface area contributed by atoms with Crippen LogP contribution in [-0.4, -0.2) is 60.9 Å². The van der Waals surface area contributed by atoms with Gasteiger partial charge in [0.15, 0.2) is 0 Å². The summed E-state index contributed by atoms with van der Waals surface area (Å²) in [7, 11) is -4.06. The Balaban J connectivity index is 2.84. The first-order valence-corrected chi connectivity index (χ1v) is 8.14. The quantitative estimate of drug-likeness (QED) is 0.711. The average molecular weight is 322 g/mol. The normalized spacial score (nSPS) is 19.1. The van der Waals surface area contributed by atoms with Crippen LogP contribution in [0.25, 0.3) is 0 Å². The van der Waals surface area contributed by atoms with Crippen LogP contribution >= 0.6 is 0 Å². The molecule has 1 aliphatic heterocycles. The van der Waals surface area contributed by atoms with Crippen molar-refractivity contribution in [2.45, 2.75) is 39.7 Å². The Hall–Kier alpha value is -1.35. The molecule has 1 saturated heterocycles. The summed E-state index contributed by atoms with van der Waals surface area (Å²) in [6.07, 6.45) is -0.506. The molecule has 1 aliphatic rings. The number of hydrogen-bond acceptors (Lipinski definition) is 6. The number of amides is 1. The summed E-state index contributed by atoms with van der Waals surface area (Å²) in [5.74, 6) is -0.646. The van der Waals surface area contributed by atoms with E-state index in [4.69, 9.17) is 9.47 Å². The van der Waals surface area contributed by atoms with Crippen molar-refractivity contribution in [1.29, 1.82) is 0 Å². The maximum atomic E-state index is 12.3. The third-order valence-electron chi connectivity index (χ3n) is 2.58. The van der Waals surface area contributed by atoms with Crippen LogP contribution in [0.1, 0.15) is 34.1 Å². The van der Waals surface area contributed by atoms with Gasteiger partial charge < -0.3 is 9.47 Å². The van der Waals surface area contributed by atoms with E-state index in [2.05, 4.69) is 0 Å². The number of carbonyl (C=O) groups excluding carboxylic acids is 2. The van der Waals surface area contributed by atoms with Gasteiger partial charge in [-0.25, -0.2) is 4.79 Å². The lowest BCUT2D eigenvalue weighted by Gasteiger charge is -2.34. The Morgan fingerprint density at radius 1 is 1.19 bits per heavy atom. The van der Waals surface area contributed by atoms with E-state index in [1.807, 2.05) is 0 Å². The molecular weight excluding hydrogens is 300 g/mol. The fraction of sp³-hybridized carbons (Fsp3) is 0.833. The molecular formula is C12H22N2O6S. The fourth-order valence-corrected chi connectivity index (χ4v) is 3.26. The minimum absolute atomic E-state index is 0.0383. The molecule has 1 amide bonds. The summed E-state index contributed by atoms with van der Waals surface area (Å²) >= 11 is 0. The van der Waals surface area contributed by atoms with Crippen molar-refractivity contribution >= 4 is 22.3 Å². The van der Waals surface area contributed by atoms with Crippen molar-refractivity contribution < 1.29 is 27.5 Å². The average Bonchev–Trinajstić information content (AvgIpc) is 2.29. The molecule has 0 spiro atoms. The molecule has 0 unspecified atom stereocenters. The number of nitrogens with zero attached hydrogens (tertiary/aromatic N) is 2. The van der Waals surface area contributed by atoms with Crippen molar-refractivity contribution in [1.82, 2.24) is 8.61 Å². The summed E-state index contributed by atoms with van der Waals surface area (Å²) in [6.45, 7) is 6.55. The predicted molar refractivity (Wildman–Crippen MR) is 74.7 cm³/mol. The number of rotatable bonds is 3. The van der Waals surface area contributed by atoms with Crippen molar-refractivity contribution in [2.24, 2.45) is 0 Å². The minimum atomic E-state index is -4.06. The van der Waals surface area contributed by atoms with Crippen LogP contribution in [0, 0.1) is 0 Å². The van der Waals surface area contributed by atoms with Crippen molar-refractivity contribution in [3.8, 4) is 0 Å². The SMILES string of the molecule is CCOC(=O)CN1CCCN(C(=O)OC(C)(C)C)S1(=O)=O. The Labute approximate surface area is 125 Å². The van der Waals surface area contributed by atoms with E-state index in [0.29, 0.717) is 10.7 Å². The van der Waals surface area contributed by atoms with Gasteiger partial charge in [-0.3, -0.25) is 4.79 Å². The summed E-state index contributed by atoms with van der Waals surface area (Å²) in [5, 5.41) is 0. The van der Waals surface area contributed by atoms with Gasteiger partial charge in [-0.05, 0) is 34.1 Å². The Bertz CT molecular complexity index is 496. The molecule has 0 N–H and O–H groups in total.